The third-order valence-corrected chi connectivity index (χ3v) is 4.04. The number of carbonyl (C=O) groups is 1. The maximum Gasteiger partial charge on any atom is 0.417 e. The standard InChI is InChI=1S/C16H15F4N3OS/c17-12-2-4-13(5-3-12)25-10-15(24)22-8-7-21-14-6-1-11(9-23-14)16(18,19)20/h1-6,9H,7-8,10H2,(H,21,23)(H,22,24). The molecule has 1 aromatic carbocycles. The normalized spacial score (nSPS) is 11.2. The van der Waals surface area contributed by atoms with E-state index in [2.05, 4.69) is 15.6 Å². The quantitative estimate of drug-likeness (QED) is 0.443. The smallest absolute Gasteiger partial charge is 0.368 e. The third kappa shape index (κ3) is 6.61. The second-order valence-electron chi connectivity index (χ2n) is 4.95. The van der Waals surface area contributed by atoms with Crippen LogP contribution >= 0.6 is 11.8 Å². The number of hydrogen-bond donors (Lipinski definition) is 2. The van der Waals surface area contributed by atoms with E-state index in [1.807, 2.05) is 0 Å². The van der Waals surface area contributed by atoms with Gasteiger partial charge in [-0.05, 0) is 36.4 Å². The van der Waals surface area contributed by atoms with E-state index in [4.69, 9.17) is 0 Å². The highest BCUT2D eigenvalue weighted by Gasteiger charge is 2.30. The Morgan fingerprint density at radius 1 is 1.08 bits per heavy atom. The van der Waals surface area contributed by atoms with Gasteiger partial charge < -0.3 is 10.6 Å². The van der Waals surface area contributed by atoms with Gasteiger partial charge in [0.25, 0.3) is 0 Å². The Balaban J connectivity index is 1.65. The number of benzene rings is 1. The zero-order valence-corrected chi connectivity index (χ0v) is 13.8. The zero-order valence-electron chi connectivity index (χ0n) is 12.9. The van der Waals surface area contributed by atoms with E-state index in [9.17, 15) is 22.4 Å². The number of nitrogens with one attached hydrogen (secondary N) is 2. The predicted octanol–water partition coefficient (Wildman–Crippen LogP) is 3.56. The Hall–Kier alpha value is -2.29. The second kappa shape index (κ2) is 8.70. The largest absolute Gasteiger partial charge is 0.417 e. The molecule has 4 nitrogen and oxygen atoms in total. The summed E-state index contributed by atoms with van der Waals surface area (Å²) in [5, 5.41) is 5.48. The molecule has 25 heavy (non-hydrogen) atoms. The Morgan fingerprint density at radius 2 is 1.80 bits per heavy atom. The summed E-state index contributed by atoms with van der Waals surface area (Å²) in [5.74, 6) is -0.0550. The van der Waals surface area contributed by atoms with E-state index >= 15 is 0 Å². The molecule has 0 aliphatic rings. The lowest BCUT2D eigenvalue weighted by Crippen LogP contribution is -2.30. The molecule has 0 radical (unpaired) electrons. The first-order chi connectivity index (χ1) is 11.8. The Bertz CT molecular complexity index is 690. The van der Waals surface area contributed by atoms with E-state index in [-0.39, 0.29) is 17.5 Å². The van der Waals surface area contributed by atoms with Crippen molar-refractivity contribution < 1.29 is 22.4 Å². The van der Waals surface area contributed by atoms with E-state index in [0.717, 1.165) is 17.2 Å². The van der Waals surface area contributed by atoms with Gasteiger partial charge in [-0.1, -0.05) is 0 Å². The summed E-state index contributed by atoms with van der Waals surface area (Å²) >= 11 is 1.28. The SMILES string of the molecule is O=C(CSc1ccc(F)cc1)NCCNc1ccc(C(F)(F)F)cn1. The first kappa shape index (κ1) is 19.0. The van der Waals surface area contributed by atoms with Crippen molar-refractivity contribution in [3.8, 4) is 0 Å². The van der Waals surface area contributed by atoms with Crippen molar-refractivity contribution in [3.63, 3.8) is 0 Å². The molecule has 0 spiro atoms. The molecule has 9 heteroatoms. The van der Waals surface area contributed by atoms with Crippen molar-refractivity contribution in [3.05, 3.63) is 54.0 Å². The zero-order chi connectivity index (χ0) is 18.3. The van der Waals surface area contributed by atoms with E-state index in [1.165, 1.54) is 30.0 Å². The molecule has 1 aromatic heterocycles. The Morgan fingerprint density at radius 3 is 2.40 bits per heavy atom. The van der Waals surface area contributed by atoms with Gasteiger partial charge in [-0.2, -0.15) is 13.2 Å². The van der Waals surface area contributed by atoms with Gasteiger partial charge in [0.2, 0.25) is 5.91 Å². The molecule has 2 N–H and O–H groups in total. The first-order valence-corrected chi connectivity index (χ1v) is 8.25. The number of pyridine rings is 1. The van der Waals surface area contributed by atoms with Crippen molar-refractivity contribution in [1.29, 1.82) is 0 Å². The molecule has 0 saturated carbocycles. The summed E-state index contributed by atoms with van der Waals surface area (Å²) in [4.78, 5) is 16.1. The lowest BCUT2D eigenvalue weighted by atomic mass is 10.3. The van der Waals surface area contributed by atoms with Gasteiger partial charge in [-0.25, -0.2) is 9.37 Å². The molecule has 2 rings (SSSR count). The summed E-state index contributed by atoms with van der Waals surface area (Å²) in [6, 6.07) is 7.99. The first-order valence-electron chi connectivity index (χ1n) is 7.27. The summed E-state index contributed by atoms with van der Waals surface area (Å²) in [7, 11) is 0. The van der Waals surface area contributed by atoms with Crippen LogP contribution in [0.15, 0.2) is 47.5 Å². The summed E-state index contributed by atoms with van der Waals surface area (Å²) in [6.45, 7) is 0.622. The van der Waals surface area contributed by atoms with Crippen LogP contribution in [-0.4, -0.2) is 29.7 Å². The van der Waals surface area contributed by atoms with Crippen LogP contribution in [0.5, 0.6) is 0 Å². The molecule has 134 valence electrons. The van der Waals surface area contributed by atoms with Crippen LogP contribution in [-0.2, 0) is 11.0 Å². The topological polar surface area (TPSA) is 54.0 Å². The van der Waals surface area contributed by atoms with E-state index in [1.54, 1.807) is 12.1 Å². The minimum atomic E-state index is -4.41. The number of anilines is 1. The molecule has 1 heterocycles. The molecule has 1 amide bonds. The fraction of sp³-hybridized carbons (Fsp3) is 0.250. The van der Waals surface area contributed by atoms with Gasteiger partial charge in [0, 0.05) is 24.2 Å². The van der Waals surface area contributed by atoms with Crippen LogP contribution in [0, 0.1) is 5.82 Å². The monoisotopic (exact) mass is 373 g/mol. The van der Waals surface area contributed by atoms with Crippen molar-refractivity contribution in [2.75, 3.05) is 24.2 Å². The van der Waals surface area contributed by atoms with Crippen molar-refractivity contribution in [1.82, 2.24) is 10.3 Å². The van der Waals surface area contributed by atoms with Gasteiger partial charge in [0.15, 0.2) is 0 Å². The van der Waals surface area contributed by atoms with Crippen LogP contribution in [0.2, 0.25) is 0 Å². The molecule has 2 aromatic rings. The molecular formula is C16H15F4N3OS. The minimum Gasteiger partial charge on any atom is -0.368 e. The molecule has 0 atom stereocenters. The number of amides is 1. The molecule has 0 aliphatic carbocycles. The maximum absolute atomic E-state index is 12.8. The highest BCUT2D eigenvalue weighted by atomic mass is 32.2. The summed E-state index contributed by atoms with van der Waals surface area (Å²) in [5.41, 5.74) is -0.816. The Kier molecular flexibility index (Phi) is 6.63. The number of nitrogens with zero attached hydrogens (tertiary/aromatic N) is 1. The van der Waals surface area contributed by atoms with Crippen molar-refractivity contribution in [2.45, 2.75) is 11.1 Å². The van der Waals surface area contributed by atoms with Gasteiger partial charge in [-0.3, -0.25) is 4.79 Å². The average molecular weight is 373 g/mol. The van der Waals surface area contributed by atoms with Crippen LogP contribution in [0.3, 0.4) is 0 Å². The summed E-state index contributed by atoms with van der Waals surface area (Å²) in [6.07, 6.45) is -3.66. The number of hydrogen-bond acceptors (Lipinski definition) is 4. The molecule has 0 fully saturated rings. The number of carbonyl (C=O) groups excluding carboxylic acids is 1. The lowest BCUT2D eigenvalue weighted by Gasteiger charge is -2.09. The van der Waals surface area contributed by atoms with E-state index < -0.39 is 11.7 Å². The van der Waals surface area contributed by atoms with Crippen LogP contribution < -0.4 is 10.6 Å². The number of rotatable bonds is 7. The second-order valence-corrected chi connectivity index (χ2v) is 6.00. The number of aromatic nitrogens is 1. The Labute approximate surface area is 146 Å². The number of alkyl halides is 3. The molecule has 0 aliphatic heterocycles. The number of halogens is 4. The fourth-order valence-corrected chi connectivity index (χ4v) is 2.52. The fourth-order valence-electron chi connectivity index (χ4n) is 1.79. The van der Waals surface area contributed by atoms with Crippen LogP contribution in [0.25, 0.3) is 0 Å². The van der Waals surface area contributed by atoms with E-state index in [0.29, 0.717) is 18.9 Å². The maximum atomic E-state index is 12.8. The van der Waals surface area contributed by atoms with Gasteiger partial charge >= 0.3 is 6.18 Å². The number of thioether (sulfide) groups is 1. The third-order valence-electron chi connectivity index (χ3n) is 3.03. The predicted molar refractivity (Wildman–Crippen MR) is 87.9 cm³/mol. The molecule has 0 bridgehead atoms. The highest BCUT2D eigenvalue weighted by molar-refractivity contribution is 8.00. The van der Waals surface area contributed by atoms with Crippen molar-refractivity contribution >= 4 is 23.5 Å². The van der Waals surface area contributed by atoms with Gasteiger partial charge in [-0.15, -0.1) is 11.8 Å². The molecular weight excluding hydrogens is 358 g/mol. The van der Waals surface area contributed by atoms with Crippen LogP contribution in [0.4, 0.5) is 23.4 Å². The molecule has 0 saturated heterocycles. The highest BCUT2D eigenvalue weighted by Crippen LogP contribution is 2.28. The molecule has 0 unspecified atom stereocenters. The van der Waals surface area contributed by atoms with Gasteiger partial charge in [0.05, 0.1) is 11.3 Å². The van der Waals surface area contributed by atoms with Gasteiger partial charge in [0.1, 0.15) is 11.6 Å². The van der Waals surface area contributed by atoms with Crippen LogP contribution in [0.1, 0.15) is 5.56 Å². The summed E-state index contributed by atoms with van der Waals surface area (Å²) < 4.78 is 50.0. The lowest BCUT2D eigenvalue weighted by molar-refractivity contribution is -0.137. The minimum absolute atomic E-state index is 0.185. The van der Waals surface area contributed by atoms with Crippen molar-refractivity contribution in [2.24, 2.45) is 0 Å². The average Bonchev–Trinajstić information content (AvgIpc) is 2.58.